The summed E-state index contributed by atoms with van der Waals surface area (Å²) in [6.07, 6.45) is 6.23. The first kappa shape index (κ1) is 13.8. The molecule has 0 radical (unpaired) electrons. The van der Waals surface area contributed by atoms with E-state index in [4.69, 9.17) is 0 Å². The molecule has 1 N–H and O–H groups in total. The van der Waals surface area contributed by atoms with Gasteiger partial charge >= 0.3 is 5.97 Å². The van der Waals surface area contributed by atoms with Gasteiger partial charge in [0.05, 0.1) is 11.6 Å². The average Bonchev–Trinajstić information content (AvgIpc) is 3.08. The van der Waals surface area contributed by atoms with Gasteiger partial charge in [-0.05, 0) is 12.8 Å². The summed E-state index contributed by atoms with van der Waals surface area (Å²) >= 11 is 0. The fraction of sp³-hybridized carbons (Fsp3) is 0.571. The number of aryl methyl sites for hydroxylation is 1. The molecule has 2 amide bonds. The van der Waals surface area contributed by atoms with Crippen LogP contribution in [0.25, 0.3) is 0 Å². The first-order chi connectivity index (χ1) is 9.94. The Morgan fingerprint density at radius 3 is 2.57 bits per heavy atom. The van der Waals surface area contributed by atoms with E-state index in [-0.39, 0.29) is 12.3 Å². The summed E-state index contributed by atoms with van der Waals surface area (Å²) in [7, 11) is 1.66. The van der Waals surface area contributed by atoms with E-state index in [0.29, 0.717) is 18.4 Å². The third-order valence-corrected chi connectivity index (χ3v) is 4.52. The van der Waals surface area contributed by atoms with Gasteiger partial charge in [0.2, 0.25) is 11.8 Å². The topological polar surface area (TPSA) is 92.5 Å². The molecule has 3 rings (SSSR count). The van der Waals surface area contributed by atoms with Crippen LogP contribution in [0.3, 0.4) is 0 Å². The standard InChI is InChI=1S/C14H17N3O4/c1-16-8-9(7-15-16)11(12(19)20)17-10(18)6-14(13(17)21)4-2-3-5-14/h7-8,11H,2-6H2,1H3,(H,19,20). The Kier molecular flexibility index (Phi) is 3.07. The van der Waals surface area contributed by atoms with Gasteiger partial charge in [-0.1, -0.05) is 12.8 Å². The number of carbonyl (C=O) groups is 3. The Bertz CT molecular complexity index is 615. The fourth-order valence-electron chi connectivity index (χ4n) is 3.51. The monoisotopic (exact) mass is 291 g/mol. The molecule has 21 heavy (non-hydrogen) atoms. The minimum atomic E-state index is -1.28. The number of hydrogen-bond acceptors (Lipinski definition) is 4. The van der Waals surface area contributed by atoms with Gasteiger partial charge in [-0.15, -0.1) is 0 Å². The van der Waals surface area contributed by atoms with Crippen LogP contribution in [-0.4, -0.2) is 37.6 Å². The van der Waals surface area contributed by atoms with Gasteiger partial charge in [0, 0.05) is 25.2 Å². The number of carbonyl (C=O) groups excluding carboxylic acids is 2. The number of rotatable bonds is 3. The molecule has 1 saturated carbocycles. The zero-order chi connectivity index (χ0) is 15.2. The molecule has 1 aromatic heterocycles. The Morgan fingerprint density at radius 1 is 1.38 bits per heavy atom. The summed E-state index contributed by atoms with van der Waals surface area (Å²) in [4.78, 5) is 37.5. The second kappa shape index (κ2) is 4.68. The average molecular weight is 291 g/mol. The maximum Gasteiger partial charge on any atom is 0.331 e. The van der Waals surface area contributed by atoms with Gasteiger partial charge in [-0.25, -0.2) is 4.79 Å². The second-order valence-electron chi connectivity index (χ2n) is 5.92. The third kappa shape index (κ3) is 2.03. The highest BCUT2D eigenvalue weighted by Gasteiger charge is 2.55. The molecule has 2 aliphatic rings. The Morgan fingerprint density at radius 2 is 2.05 bits per heavy atom. The largest absolute Gasteiger partial charge is 0.479 e. The molecule has 112 valence electrons. The summed E-state index contributed by atoms with van der Waals surface area (Å²) in [5.74, 6) is -1.93. The van der Waals surface area contributed by atoms with Gasteiger partial charge in [0.1, 0.15) is 0 Å². The first-order valence-electron chi connectivity index (χ1n) is 7.02. The molecule has 7 nitrogen and oxygen atoms in total. The maximum absolute atomic E-state index is 12.7. The van der Waals surface area contributed by atoms with Crippen molar-refractivity contribution >= 4 is 17.8 Å². The summed E-state index contributed by atoms with van der Waals surface area (Å²) in [5.41, 5.74) is -0.311. The molecule has 2 fully saturated rings. The highest BCUT2D eigenvalue weighted by atomic mass is 16.4. The van der Waals surface area contributed by atoms with Crippen molar-refractivity contribution in [3.63, 3.8) is 0 Å². The van der Waals surface area contributed by atoms with Crippen molar-refractivity contribution in [2.75, 3.05) is 0 Å². The molecule has 0 aromatic carbocycles. The van der Waals surface area contributed by atoms with E-state index in [1.54, 1.807) is 7.05 Å². The van der Waals surface area contributed by atoms with Crippen LogP contribution < -0.4 is 0 Å². The van der Waals surface area contributed by atoms with Crippen LogP contribution in [0, 0.1) is 5.41 Å². The molecule has 1 aromatic rings. The van der Waals surface area contributed by atoms with Gasteiger partial charge in [0.25, 0.3) is 0 Å². The molecule has 0 bridgehead atoms. The van der Waals surface area contributed by atoms with Crippen molar-refractivity contribution in [2.24, 2.45) is 12.5 Å². The normalized spacial score (nSPS) is 22.2. The molecular weight excluding hydrogens is 274 g/mol. The highest BCUT2D eigenvalue weighted by Crippen LogP contribution is 2.48. The lowest BCUT2D eigenvalue weighted by atomic mass is 9.84. The summed E-state index contributed by atoms with van der Waals surface area (Å²) in [6.45, 7) is 0. The van der Waals surface area contributed by atoms with Crippen molar-refractivity contribution in [3.8, 4) is 0 Å². The SMILES string of the molecule is Cn1cc(C(C(=O)O)N2C(=O)CC3(CCCC3)C2=O)cn1. The van der Waals surface area contributed by atoms with E-state index in [1.807, 2.05) is 0 Å². The van der Waals surface area contributed by atoms with Crippen LogP contribution in [0.4, 0.5) is 0 Å². The Balaban J connectivity index is 1.98. The summed E-state index contributed by atoms with van der Waals surface area (Å²) in [6, 6.07) is -1.28. The van der Waals surface area contributed by atoms with Crippen molar-refractivity contribution in [3.05, 3.63) is 18.0 Å². The lowest BCUT2D eigenvalue weighted by Gasteiger charge is -2.25. The number of aromatic nitrogens is 2. The zero-order valence-electron chi connectivity index (χ0n) is 11.8. The number of imide groups is 1. The Labute approximate surface area is 121 Å². The van der Waals surface area contributed by atoms with Crippen molar-refractivity contribution in [1.82, 2.24) is 14.7 Å². The van der Waals surface area contributed by atoms with E-state index in [1.165, 1.54) is 17.1 Å². The van der Waals surface area contributed by atoms with Crippen LogP contribution in [0.2, 0.25) is 0 Å². The van der Waals surface area contributed by atoms with Gasteiger partial charge < -0.3 is 5.11 Å². The van der Waals surface area contributed by atoms with E-state index in [0.717, 1.165) is 17.7 Å². The van der Waals surface area contributed by atoms with E-state index >= 15 is 0 Å². The number of hydrogen-bond donors (Lipinski definition) is 1. The predicted octanol–water partition coefficient (Wildman–Crippen LogP) is 0.865. The molecule has 2 heterocycles. The minimum absolute atomic E-state index is 0.135. The molecule has 1 unspecified atom stereocenters. The van der Waals surface area contributed by atoms with E-state index in [2.05, 4.69) is 5.10 Å². The van der Waals surface area contributed by atoms with Crippen LogP contribution in [-0.2, 0) is 21.4 Å². The summed E-state index contributed by atoms with van der Waals surface area (Å²) < 4.78 is 1.46. The number of carboxylic acid groups (broad SMARTS) is 1. The van der Waals surface area contributed by atoms with Crippen molar-refractivity contribution < 1.29 is 19.5 Å². The molecule has 1 saturated heterocycles. The molecule has 1 aliphatic heterocycles. The quantitative estimate of drug-likeness (QED) is 0.834. The van der Waals surface area contributed by atoms with E-state index < -0.39 is 23.3 Å². The number of aliphatic carboxylic acids is 1. The number of carboxylic acids is 1. The van der Waals surface area contributed by atoms with Gasteiger partial charge in [-0.3, -0.25) is 19.2 Å². The summed E-state index contributed by atoms with van der Waals surface area (Å²) in [5, 5.41) is 13.4. The minimum Gasteiger partial charge on any atom is -0.479 e. The fourth-order valence-corrected chi connectivity index (χ4v) is 3.51. The number of amides is 2. The maximum atomic E-state index is 12.7. The number of nitrogens with zero attached hydrogens (tertiary/aromatic N) is 3. The predicted molar refractivity (Wildman–Crippen MR) is 71.0 cm³/mol. The molecule has 7 heteroatoms. The van der Waals surface area contributed by atoms with Crippen molar-refractivity contribution in [1.29, 1.82) is 0 Å². The van der Waals surface area contributed by atoms with Crippen LogP contribution >= 0.6 is 0 Å². The van der Waals surface area contributed by atoms with Gasteiger partial charge in [-0.2, -0.15) is 5.10 Å². The van der Waals surface area contributed by atoms with Crippen LogP contribution in [0.15, 0.2) is 12.4 Å². The van der Waals surface area contributed by atoms with Crippen LogP contribution in [0.1, 0.15) is 43.7 Å². The smallest absolute Gasteiger partial charge is 0.331 e. The molecule has 1 aliphatic carbocycles. The first-order valence-corrected chi connectivity index (χ1v) is 7.02. The van der Waals surface area contributed by atoms with Crippen molar-refractivity contribution in [2.45, 2.75) is 38.1 Å². The second-order valence-corrected chi connectivity index (χ2v) is 5.92. The lowest BCUT2D eigenvalue weighted by molar-refractivity contribution is -0.156. The number of likely N-dealkylation sites (tertiary alicyclic amines) is 1. The molecule has 1 spiro atoms. The molecule has 1 atom stereocenters. The van der Waals surface area contributed by atoms with E-state index in [9.17, 15) is 19.5 Å². The van der Waals surface area contributed by atoms with Crippen LogP contribution in [0.5, 0.6) is 0 Å². The highest BCUT2D eigenvalue weighted by molar-refractivity contribution is 6.08. The Hall–Kier alpha value is -2.18. The molecular formula is C14H17N3O4. The van der Waals surface area contributed by atoms with Gasteiger partial charge in [0.15, 0.2) is 6.04 Å². The third-order valence-electron chi connectivity index (χ3n) is 4.52. The zero-order valence-corrected chi connectivity index (χ0v) is 11.8. The lowest BCUT2D eigenvalue weighted by Crippen LogP contribution is -2.40.